The molecule has 1 N–H and O–H groups in total. The molecule has 92 valence electrons. The van der Waals surface area contributed by atoms with Crippen LogP contribution in [0.5, 0.6) is 0 Å². The average molecular weight is 237 g/mol. The van der Waals surface area contributed by atoms with Crippen molar-refractivity contribution in [3.05, 3.63) is 0 Å². The summed E-state index contributed by atoms with van der Waals surface area (Å²) in [5.74, 6) is 0. The highest BCUT2D eigenvalue weighted by molar-refractivity contribution is 6.60. The lowest BCUT2D eigenvalue weighted by atomic mass is 10.5. The quantitative estimate of drug-likeness (QED) is 0.443. The smallest absolute Gasteiger partial charge is 0.380 e. The Labute approximate surface area is 93.4 Å². The van der Waals surface area contributed by atoms with E-state index in [1.54, 1.807) is 21.3 Å². The molecule has 0 heterocycles. The average Bonchev–Trinajstić information content (AvgIpc) is 2.29. The zero-order valence-corrected chi connectivity index (χ0v) is 11.2. The highest BCUT2D eigenvalue weighted by Crippen LogP contribution is 2.14. The Morgan fingerprint density at radius 3 is 2.07 bits per heavy atom. The molecule has 0 fully saturated rings. The molecule has 6 heteroatoms. The summed E-state index contributed by atoms with van der Waals surface area (Å²) < 4.78 is 21.3. The van der Waals surface area contributed by atoms with Crippen molar-refractivity contribution < 1.29 is 18.0 Å². The zero-order chi connectivity index (χ0) is 11.6. The van der Waals surface area contributed by atoms with E-state index in [2.05, 4.69) is 5.32 Å². The first-order valence-electron chi connectivity index (χ1n) is 5.12. The van der Waals surface area contributed by atoms with Gasteiger partial charge < -0.3 is 23.3 Å². The standard InChI is InChI=1S/C9H23NO4Si/c1-10-6-8-14-7-5-9-15(11-2,12-3)13-4/h10H,5-9H2,1-4H3. The van der Waals surface area contributed by atoms with Crippen molar-refractivity contribution in [3.8, 4) is 0 Å². The van der Waals surface area contributed by atoms with E-state index in [-0.39, 0.29) is 0 Å². The molecule has 0 aromatic heterocycles. The summed E-state index contributed by atoms with van der Waals surface area (Å²) in [6.07, 6.45) is 0.894. The SMILES string of the molecule is CNCCOCCC[Si](OC)(OC)OC. The van der Waals surface area contributed by atoms with Crippen LogP contribution in [0.15, 0.2) is 0 Å². The fourth-order valence-corrected chi connectivity index (χ4v) is 2.91. The van der Waals surface area contributed by atoms with Crippen molar-refractivity contribution in [2.45, 2.75) is 12.5 Å². The van der Waals surface area contributed by atoms with Crippen LogP contribution in [0.2, 0.25) is 6.04 Å². The number of hydrogen-bond donors (Lipinski definition) is 1. The van der Waals surface area contributed by atoms with Gasteiger partial charge in [0, 0.05) is 40.5 Å². The molecule has 0 unspecified atom stereocenters. The minimum Gasteiger partial charge on any atom is -0.380 e. The second-order valence-corrected chi connectivity index (χ2v) is 6.21. The van der Waals surface area contributed by atoms with E-state index in [4.69, 9.17) is 18.0 Å². The van der Waals surface area contributed by atoms with Crippen LogP contribution in [-0.4, -0.2) is 56.9 Å². The number of nitrogens with one attached hydrogen (secondary N) is 1. The van der Waals surface area contributed by atoms with Crippen LogP contribution in [0.25, 0.3) is 0 Å². The second-order valence-electron chi connectivity index (χ2n) is 3.11. The summed E-state index contributed by atoms with van der Waals surface area (Å²) in [5, 5.41) is 3.02. The predicted octanol–water partition coefficient (Wildman–Crippen LogP) is 0.491. The molecule has 0 aliphatic heterocycles. The molecule has 0 amide bonds. The van der Waals surface area contributed by atoms with Gasteiger partial charge in [-0.25, -0.2) is 0 Å². The summed E-state index contributed by atoms with van der Waals surface area (Å²) in [5.41, 5.74) is 0. The first kappa shape index (κ1) is 15.0. The molecule has 0 aromatic rings. The van der Waals surface area contributed by atoms with Crippen LogP contribution in [0.3, 0.4) is 0 Å². The molecule has 5 nitrogen and oxygen atoms in total. The Morgan fingerprint density at radius 2 is 1.60 bits per heavy atom. The molecule has 15 heavy (non-hydrogen) atoms. The third-order valence-corrected chi connectivity index (χ3v) is 5.03. The maximum Gasteiger partial charge on any atom is 0.500 e. The van der Waals surface area contributed by atoms with Crippen LogP contribution in [0.4, 0.5) is 0 Å². The van der Waals surface area contributed by atoms with E-state index in [0.29, 0.717) is 6.61 Å². The highest BCUT2D eigenvalue weighted by atomic mass is 28.4. The number of hydrogen-bond acceptors (Lipinski definition) is 5. The minimum absolute atomic E-state index is 0.715. The van der Waals surface area contributed by atoms with E-state index >= 15 is 0 Å². The summed E-state index contributed by atoms with van der Waals surface area (Å²) >= 11 is 0. The van der Waals surface area contributed by atoms with Gasteiger partial charge in [0.2, 0.25) is 0 Å². The van der Waals surface area contributed by atoms with E-state index in [9.17, 15) is 0 Å². The van der Waals surface area contributed by atoms with Crippen LogP contribution < -0.4 is 5.32 Å². The van der Waals surface area contributed by atoms with Crippen LogP contribution in [0, 0.1) is 0 Å². The van der Waals surface area contributed by atoms with E-state index in [1.807, 2.05) is 7.05 Å². The number of likely N-dealkylation sites (N-methyl/N-ethyl adjacent to an activating group) is 1. The van der Waals surface area contributed by atoms with E-state index < -0.39 is 8.80 Å². The molecule has 0 rings (SSSR count). The first-order valence-corrected chi connectivity index (χ1v) is 7.05. The molecule has 0 aromatic carbocycles. The summed E-state index contributed by atoms with van der Waals surface area (Å²) in [6.45, 7) is 2.33. The molecule has 0 bridgehead atoms. The van der Waals surface area contributed by atoms with Gasteiger partial charge in [0.05, 0.1) is 6.61 Å². The molecule has 0 atom stereocenters. The Morgan fingerprint density at radius 1 is 1.00 bits per heavy atom. The van der Waals surface area contributed by atoms with Crippen molar-refractivity contribution in [3.63, 3.8) is 0 Å². The third kappa shape index (κ3) is 6.24. The third-order valence-electron chi connectivity index (χ3n) is 2.20. The summed E-state index contributed by atoms with van der Waals surface area (Å²) in [4.78, 5) is 0. The number of ether oxygens (including phenoxy) is 1. The van der Waals surface area contributed by atoms with Gasteiger partial charge in [-0.1, -0.05) is 0 Å². The lowest BCUT2D eigenvalue weighted by Crippen LogP contribution is -2.42. The summed E-state index contributed by atoms with van der Waals surface area (Å²) in [6, 6.07) is 0.788. The van der Waals surface area contributed by atoms with Crippen LogP contribution in [-0.2, 0) is 18.0 Å². The molecular formula is C9H23NO4Si. The summed E-state index contributed by atoms with van der Waals surface area (Å²) in [7, 11) is 4.40. The van der Waals surface area contributed by atoms with Gasteiger partial charge in [-0.05, 0) is 13.5 Å². The van der Waals surface area contributed by atoms with Gasteiger partial charge in [0.25, 0.3) is 0 Å². The van der Waals surface area contributed by atoms with Crippen molar-refractivity contribution in [1.29, 1.82) is 0 Å². The molecule has 0 aliphatic rings. The fraction of sp³-hybridized carbons (Fsp3) is 1.00. The van der Waals surface area contributed by atoms with Gasteiger partial charge in [-0.15, -0.1) is 0 Å². The molecule has 0 saturated carbocycles. The Bertz CT molecular complexity index is 136. The molecule has 0 saturated heterocycles. The lowest BCUT2D eigenvalue weighted by Gasteiger charge is -2.24. The minimum atomic E-state index is -2.38. The number of rotatable bonds is 10. The molecule has 0 spiro atoms. The molecule has 0 radical (unpaired) electrons. The highest BCUT2D eigenvalue weighted by Gasteiger charge is 2.36. The first-order chi connectivity index (χ1) is 7.24. The van der Waals surface area contributed by atoms with E-state index in [0.717, 1.165) is 25.6 Å². The fourth-order valence-electron chi connectivity index (χ4n) is 1.22. The zero-order valence-electron chi connectivity index (χ0n) is 10.2. The molecular weight excluding hydrogens is 214 g/mol. The van der Waals surface area contributed by atoms with Gasteiger partial charge >= 0.3 is 8.80 Å². The Kier molecular flexibility index (Phi) is 9.27. The normalized spacial score (nSPS) is 12.0. The maximum atomic E-state index is 5.40. The largest absolute Gasteiger partial charge is 0.500 e. The maximum absolute atomic E-state index is 5.40. The Balaban J connectivity index is 3.54. The van der Waals surface area contributed by atoms with Crippen molar-refractivity contribution >= 4 is 8.80 Å². The van der Waals surface area contributed by atoms with E-state index in [1.165, 1.54) is 0 Å². The van der Waals surface area contributed by atoms with Crippen LogP contribution >= 0.6 is 0 Å². The monoisotopic (exact) mass is 237 g/mol. The van der Waals surface area contributed by atoms with Crippen molar-refractivity contribution in [2.75, 3.05) is 48.1 Å². The van der Waals surface area contributed by atoms with Crippen LogP contribution in [0.1, 0.15) is 6.42 Å². The van der Waals surface area contributed by atoms with Gasteiger partial charge in [0.1, 0.15) is 0 Å². The van der Waals surface area contributed by atoms with Gasteiger partial charge in [-0.2, -0.15) is 0 Å². The van der Waals surface area contributed by atoms with Gasteiger partial charge in [0.15, 0.2) is 0 Å². The Hall–Kier alpha value is 0.0169. The van der Waals surface area contributed by atoms with Crippen molar-refractivity contribution in [1.82, 2.24) is 5.32 Å². The predicted molar refractivity (Wildman–Crippen MR) is 61.0 cm³/mol. The second kappa shape index (κ2) is 9.26. The van der Waals surface area contributed by atoms with Gasteiger partial charge in [-0.3, -0.25) is 0 Å². The topological polar surface area (TPSA) is 49.0 Å². The van der Waals surface area contributed by atoms with Crippen molar-refractivity contribution in [2.24, 2.45) is 0 Å². The molecule has 0 aliphatic carbocycles. The lowest BCUT2D eigenvalue weighted by molar-refractivity contribution is 0.108.